The zero-order valence-electron chi connectivity index (χ0n) is 15.7. The number of carbonyl (C=O) groups is 1. The van der Waals surface area contributed by atoms with E-state index in [-0.39, 0.29) is 5.91 Å². The predicted octanol–water partition coefficient (Wildman–Crippen LogP) is 3.95. The summed E-state index contributed by atoms with van der Waals surface area (Å²) in [6, 6.07) is 15.4. The Morgan fingerprint density at radius 1 is 1.26 bits per heavy atom. The second-order valence-corrected chi connectivity index (χ2v) is 6.77. The summed E-state index contributed by atoms with van der Waals surface area (Å²) in [4.78, 5) is 13.4. The van der Waals surface area contributed by atoms with Crippen LogP contribution in [0.15, 0.2) is 42.5 Å². The molecule has 1 heterocycles. The summed E-state index contributed by atoms with van der Waals surface area (Å²) < 4.78 is 11.0. The summed E-state index contributed by atoms with van der Waals surface area (Å²) in [5.41, 5.74) is 2.35. The summed E-state index contributed by atoms with van der Waals surface area (Å²) in [5, 5.41) is 12.5. The molecule has 140 valence electrons. The minimum atomic E-state index is -0.657. The van der Waals surface area contributed by atoms with E-state index in [0.717, 1.165) is 11.1 Å². The molecule has 5 nitrogen and oxygen atoms in total. The van der Waals surface area contributed by atoms with Gasteiger partial charge in [0, 0.05) is 13.2 Å². The Morgan fingerprint density at radius 2 is 2.04 bits per heavy atom. The molecule has 1 N–H and O–H groups in total. The molecular weight excluding hydrogens is 340 g/mol. The molecule has 0 atom stereocenters. The predicted molar refractivity (Wildman–Crippen MR) is 104 cm³/mol. The van der Waals surface area contributed by atoms with E-state index in [2.05, 4.69) is 17.5 Å². The molecule has 1 aliphatic heterocycles. The number of carbonyl (C=O) groups excluding carboxylic acids is 1. The van der Waals surface area contributed by atoms with Crippen LogP contribution >= 0.6 is 0 Å². The number of nitrogens with zero attached hydrogens (tertiary/aromatic N) is 1. The molecule has 27 heavy (non-hydrogen) atoms. The first-order valence-corrected chi connectivity index (χ1v) is 9.22. The number of amides is 1. The van der Waals surface area contributed by atoms with Gasteiger partial charge in [-0.05, 0) is 50.5 Å². The van der Waals surface area contributed by atoms with Gasteiger partial charge in [0.1, 0.15) is 11.8 Å². The van der Waals surface area contributed by atoms with Gasteiger partial charge < -0.3 is 14.8 Å². The Hall–Kier alpha value is -2.84. The van der Waals surface area contributed by atoms with Gasteiger partial charge >= 0.3 is 0 Å². The van der Waals surface area contributed by atoms with Gasteiger partial charge in [0.15, 0.2) is 0 Å². The molecule has 0 spiro atoms. The van der Waals surface area contributed by atoms with Crippen molar-refractivity contribution in [2.45, 2.75) is 32.1 Å². The van der Waals surface area contributed by atoms with Gasteiger partial charge in [-0.15, -0.1) is 0 Å². The highest BCUT2D eigenvalue weighted by molar-refractivity contribution is 6.00. The molecule has 3 rings (SSSR count). The van der Waals surface area contributed by atoms with Crippen LogP contribution in [0.2, 0.25) is 0 Å². The molecule has 0 aliphatic carbocycles. The van der Waals surface area contributed by atoms with Crippen molar-refractivity contribution < 1.29 is 14.3 Å². The lowest BCUT2D eigenvalue weighted by Crippen LogP contribution is -2.45. The summed E-state index contributed by atoms with van der Waals surface area (Å²) >= 11 is 0. The summed E-state index contributed by atoms with van der Waals surface area (Å²) in [6.07, 6.45) is 1.22. The number of nitrogens with one attached hydrogen (secondary N) is 1. The van der Waals surface area contributed by atoms with Gasteiger partial charge in [-0.1, -0.05) is 29.8 Å². The standard InChI is InChI=1S/C22H24N2O3/c1-3-27-19-7-8-20(17(14-19)15-23)24-21(25)22(9-11-26-12-10-22)18-6-4-5-16(2)13-18/h4-8,13-14H,3,9-12H2,1-2H3,(H,24,25). The first-order chi connectivity index (χ1) is 13.1. The van der Waals surface area contributed by atoms with Gasteiger partial charge in [0.25, 0.3) is 0 Å². The number of anilines is 1. The second kappa shape index (κ2) is 8.24. The van der Waals surface area contributed by atoms with Crippen LogP contribution in [-0.4, -0.2) is 25.7 Å². The lowest BCUT2D eigenvalue weighted by atomic mass is 9.73. The number of ether oxygens (including phenoxy) is 2. The first kappa shape index (κ1) is 18.9. The van der Waals surface area contributed by atoms with E-state index in [1.54, 1.807) is 18.2 Å². The third kappa shape index (κ3) is 3.96. The molecule has 1 fully saturated rings. The fourth-order valence-corrected chi connectivity index (χ4v) is 3.53. The maximum atomic E-state index is 13.4. The molecule has 0 radical (unpaired) electrons. The monoisotopic (exact) mass is 364 g/mol. The molecule has 0 saturated carbocycles. The summed E-state index contributed by atoms with van der Waals surface area (Å²) in [5.74, 6) is 0.517. The van der Waals surface area contributed by atoms with Crippen molar-refractivity contribution in [3.63, 3.8) is 0 Å². The van der Waals surface area contributed by atoms with E-state index < -0.39 is 5.41 Å². The van der Waals surface area contributed by atoms with Crippen LogP contribution in [0.1, 0.15) is 36.5 Å². The quantitative estimate of drug-likeness (QED) is 0.872. The fraction of sp³-hybridized carbons (Fsp3) is 0.364. The van der Waals surface area contributed by atoms with Gasteiger partial charge in [-0.25, -0.2) is 0 Å². The average Bonchev–Trinajstić information content (AvgIpc) is 2.69. The first-order valence-electron chi connectivity index (χ1n) is 9.22. The SMILES string of the molecule is CCOc1ccc(NC(=O)C2(c3cccc(C)c3)CCOCC2)c(C#N)c1. The van der Waals surface area contributed by atoms with Crippen LogP contribution in [0.3, 0.4) is 0 Å². The van der Waals surface area contributed by atoms with E-state index in [0.29, 0.717) is 49.7 Å². The van der Waals surface area contributed by atoms with Crippen LogP contribution < -0.4 is 10.1 Å². The van der Waals surface area contributed by atoms with Gasteiger partial charge in [-0.3, -0.25) is 4.79 Å². The molecule has 0 aromatic heterocycles. The number of hydrogen-bond acceptors (Lipinski definition) is 4. The number of aryl methyl sites for hydroxylation is 1. The van der Waals surface area contributed by atoms with Crippen LogP contribution in [0, 0.1) is 18.3 Å². The lowest BCUT2D eigenvalue weighted by Gasteiger charge is -2.36. The van der Waals surface area contributed by atoms with Gasteiger partial charge in [0.2, 0.25) is 5.91 Å². The minimum absolute atomic E-state index is 0.0999. The summed E-state index contributed by atoms with van der Waals surface area (Å²) in [6.45, 7) is 5.51. The largest absolute Gasteiger partial charge is 0.494 e. The fourth-order valence-electron chi connectivity index (χ4n) is 3.53. The number of benzene rings is 2. The maximum absolute atomic E-state index is 13.4. The van der Waals surface area contributed by atoms with E-state index in [1.807, 2.05) is 32.0 Å². The molecule has 1 amide bonds. The third-order valence-electron chi connectivity index (χ3n) is 5.02. The second-order valence-electron chi connectivity index (χ2n) is 6.77. The van der Waals surface area contributed by atoms with Crippen LogP contribution in [-0.2, 0) is 14.9 Å². The lowest BCUT2D eigenvalue weighted by molar-refractivity contribution is -0.125. The Labute approximate surface area is 159 Å². The highest BCUT2D eigenvalue weighted by atomic mass is 16.5. The molecular formula is C22H24N2O3. The van der Waals surface area contributed by atoms with Crippen molar-refractivity contribution >= 4 is 11.6 Å². The Morgan fingerprint density at radius 3 is 2.70 bits per heavy atom. The normalized spacial score (nSPS) is 15.6. The highest BCUT2D eigenvalue weighted by Crippen LogP contribution is 2.37. The van der Waals surface area contributed by atoms with Gasteiger partial charge in [-0.2, -0.15) is 5.26 Å². The molecule has 1 saturated heterocycles. The molecule has 2 aromatic carbocycles. The van der Waals surface area contributed by atoms with Crippen LogP contribution in [0.4, 0.5) is 5.69 Å². The highest BCUT2D eigenvalue weighted by Gasteiger charge is 2.42. The molecule has 2 aromatic rings. The molecule has 1 aliphatic rings. The van der Waals surface area contributed by atoms with Crippen molar-refractivity contribution in [3.05, 3.63) is 59.2 Å². The Kier molecular flexibility index (Phi) is 5.78. The molecule has 5 heteroatoms. The van der Waals surface area contributed by atoms with E-state index in [4.69, 9.17) is 9.47 Å². The zero-order valence-corrected chi connectivity index (χ0v) is 15.7. The third-order valence-corrected chi connectivity index (χ3v) is 5.02. The minimum Gasteiger partial charge on any atom is -0.494 e. The van der Waals surface area contributed by atoms with Crippen LogP contribution in [0.25, 0.3) is 0 Å². The van der Waals surface area contributed by atoms with Crippen molar-refractivity contribution in [1.29, 1.82) is 5.26 Å². The molecule has 0 unspecified atom stereocenters. The van der Waals surface area contributed by atoms with Crippen LogP contribution in [0.5, 0.6) is 5.75 Å². The Bertz CT molecular complexity index is 864. The average molecular weight is 364 g/mol. The zero-order chi connectivity index (χ0) is 19.3. The molecule has 0 bridgehead atoms. The topological polar surface area (TPSA) is 71.3 Å². The van der Waals surface area contributed by atoms with E-state index in [9.17, 15) is 10.1 Å². The van der Waals surface area contributed by atoms with Crippen molar-refractivity contribution in [3.8, 4) is 11.8 Å². The smallest absolute Gasteiger partial charge is 0.235 e. The van der Waals surface area contributed by atoms with E-state index in [1.165, 1.54) is 0 Å². The Balaban J connectivity index is 1.93. The van der Waals surface area contributed by atoms with E-state index >= 15 is 0 Å². The number of hydrogen-bond donors (Lipinski definition) is 1. The van der Waals surface area contributed by atoms with Crippen molar-refractivity contribution in [2.24, 2.45) is 0 Å². The van der Waals surface area contributed by atoms with Crippen molar-refractivity contribution in [1.82, 2.24) is 0 Å². The number of rotatable bonds is 5. The van der Waals surface area contributed by atoms with Gasteiger partial charge in [0.05, 0.1) is 23.3 Å². The number of nitriles is 1. The maximum Gasteiger partial charge on any atom is 0.235 e. The van der Waals surface area contributed by atoms with Crippen molar-refractivity contribution in [2.75, 3.05) is 25.1 Å². The summed E-state index contributed by atoms with van der Waals surface area (Å²) in [7, 11) is 0.